The van der Waals surface area contributed by atoms with Crippen LogP contribution < -0.4 is 19.8 Å². The maximum absolute atomic E-state index is 11.4. The quantitative estimate of drug-likeness (QED) is 0.915. The minimum absolute atomic E-state index is 0.172. The highest BCUT2D eigenvalue weighted by Gasteiger charge is 2.17. The molecule has 19 heavy (non-hydrogen) atoms. The first-order valence-electron chi connectivity index (χ1n) is 5.70. The van der Waals surface area contributed by atoms with Crippen molar-refractivity contribution in [3.63, 3.8) is 0 Å². The van der Waals surface area contributed by atoms with Crippen LogP contribution in [0.25, 0.3) is 11.3 Å². The first-order chi connectivity index (χ1) is 9.21. The van der Waals surface area contributed by atoms with Gasteiger partial charge in [-0.25, -0.2) is 0 Å². The highest BCUT2D eigenvalue weighted by molar-refractivity contribution is 5.74. The average molecular weight is 261 g/mol. The van der Waals surface area contributed by atoms with Gasteiger partial charge >= 0.3 is 0 Å². The Bertz CT molecular complexity index is 634. The van der Waals surface area contributed by atoms with Crippen molar-refractivity contribution in [3.8, 4) is 28.5 Å². The van der Waals surface area contributed by atoms with Crippen molar-refractivity contribution in [2.75, 3.05) is 21.3 Å². The molecule has 0 aliphatic carbocycles. The monoisotopic (exact) mass is 261 g/mol. The first-order valence-corrected chi connectivity index (χ1v) is 5.70. The summed E-state index contributed by atoms with van der Waals surface area (Å²) in [6, 6.07) is 8.51. The molecule has 0 bridgehead atoms. The van der Waals surface area contributed by atoms with E-state index in [1.54, 1.807) is 32.4 Å². The Hall–Kier alpha value is -2.43. The topological polar surface area (TPSA) is 60.6 Å². The number of H-pyrrole nitrogens is 1. The van der Waals surface area contributed by atoms with E-state index in [2.05, 4.69) is 4.98 Å². The molecule has 2 aromatic rings. The molecule has 0 saturated carbocycles. The number of ether oxygens (including phenoxy) is 3. The number of methoxy groups -OCH3 is 3. The summed E-state index contributed by atoms with van der Waals surface area (Å²) in [7, 11) is 4.64. The van der Waals surface area contributed by atoms with E-state index in [1.165, 1.54) is 13.2 Å². The molecule has 0 saturated heterocycles. The van der Waals surface area contributed by atoms with E-state index < -0.39 is 0 Å². The van der Waals surface area contributed by atoms with Crippen LogP contribution in [0, 0.1) is 0 Å². The lowest BCUT2D eigenvalue weighted by Gasteiger charge is -2.15. The van der Waals surface area contributed by atoms with Crippen molar-refractivity contribution >= 4 is 0 Å². The van der Waals surface area contributed by atoms with Gasteiger partial charge in [0, 0.05) is 11.6 Å². The van der Waals surface area contributed by atoms with Crippen LogP contribution >= 0.6 is 0 Å². The fourth-order valence-corrected chi connectivity index (χ4v) is 1.92. The molecule has 1 heterocycles. The zero-order valence-electron chi connectivity index (χ0n) is 11.0. The summed E-state index contributed by atoms with van der Waals surface area (Å²) in [5.41, 5.74) is 1.22. The minimum atomic E-state index is -0.172. The number of hydrogen-bond acceptors (Lipinski definition) is 4. The van der Waals surface area contributed by atoms with Gasteiger partial charge < -0.3 is 19.2 Å². The second-order valence-electron chi connectivity index (χ2n) is 3.81. The summed E-state index contributed by atoms with van der Waals surface area (Å²) in [4.78, 5) is 14.1. The molecular formula is C14H15NO4. The van der Waals surface area contributed by atoms with Crippen LogP contribution in [0.15, 0.2) is 35.1 Å². The van der Waals surface area contributed by atoms with Gasteiger partial charge in [0.1, 0.15) is 0 Å². The van der Waals surface area contributed by atoms with Gasteiger partial charge in [0.15, 0.2) is 11.5 Å². The Balaban J connectivity index is 2.67. The van der Waals surface area contributed by atoms with E-state index in [9.17, 15) is 4.79 Å². The summed E-state index contributed by atoms with van der Waals surface area (Å²) in [6.07, 6.45) is 0. The highest BCUT2D eigenvalue weighted by Crippen LogP contribution is 2.43. The number of aromatic amines is 1. The summed E-state index contributed by atoms with van der Waals surface area (Å²) >= 11 is 0. The van der Waals surface area contributed by atoms with E-state index in [4.69, 9.17) is 14.2 Å². The maximum atomic E-state index is 11.4. The van der Waals surface area contributed by atoms with E-state index in [0.29, 0.717) is 22.9 Å². The molecule has 5 heteroatoms. The summed E-state index contributed by atoms with van der Waals surface area (Å²) in [5, 5.41) is 0. The van der Waals surface area contributed by atoms with Crippen molar-refractivity contribution in [1.82, 2.24) is 4.98 Å². The predicted octanol–water partition coefficient (Wildman–Crippen LogP) is 2.07. The van der Waals surface area contributed by atoms with E-state index in [-0.39, 0.29) is 5.56 Å². The number of aromatic nitrogens is 1. The Labute approximate surface area is 110 Å². The zero-order chi connectivity index (χ0) is 13.8. The van der Waals surface area contributed by atoms with E-state index >= 15 is 0 Å². The van der Waals surface area contributed by atoms with Crippen LogP contribution in [-0.4, -0.2) is 26.3 Å². The lowest BCUT2D eigenvalue weighted by Crippen LogP contribution is -2.04. The molecular weight excluding hydrogens is 246 g/mol. The molecule has 5 nitrogen and oxygen atoms in total. The molecule has 0 amide bonds. The van der Waals surface area contributed by atoms with Gasteiger partial charge in [0.2, 0.25) is 11.3 Å². The first kappa shape index (κ1) is 13.0. The fourth-order valence-electron chi connectivity index (χ4n) is 1.92. The molecule has 1 N–H and O–H groups in total. The lowest BCUT2D eigenvalue weighted by molar-refractivity contribution is 0.325. The van der Waals surface area contributed by atoms with Crippen LogP contribution in [-0.2, 0) is 0 Å². The number of hydrogen-bond donors (Lipinski definition) is 1. The zero-order valence-corrected chi connectivity index (χ0v) is 11.0. The molecule has 2 rings (SSSR count). The Morgan fingerprint density at radius 3 is 2.21 bits per heavy atom. The minimum Gasteiger partial charge on any atom is -0.493 e. The Morgan fingerprint density at radius 2 is 1.63 bits per heavy atom. The summed E-state index contributed by atoms with van der Waals surface area (Å²) in [5.74, 6) is 1.58. The second-order valence-corrected chi connectivity index (χ2v) is 3.81. The number of nitrogens with one attached hydrogen (secondary N) is 1. The third-order valence-electron chi connectivity index (χ3n) is 2.76. The molecule has 0 aliphatic heterocycles. The SMILES string of the molecule is COc1ccc(-c2cccc(=O)[nH]2)c(OC)c1OC. The van der Waals surface area contributed by atoms with Gasteiger partial charge in [0.05, 0.1) is 27.0 Å². The van der Waals surface area contributed by atoms with Gasteiger partial charge in [-0.2, -0.15) is 0 Å². The average Bonchev–Trinajstić information content (AvgIpc) is 2.45. The molecule has 0 atom stereocenters. The van der Waals surface area contributed by atoms with Gasteiger partial charge in [-0.15, -0.1) is 0 Å². The largest absolute Gasteiger partial charge is 0.493 e. The maximum Gasteiger partial charge on any atom is 0.248 e. The standard InChI is InChI=1S/C14H15NO4/c1-17-11-8-7-9(13(18-2)14(11)19-3)10-5-4-6-12(16)15-10/h4-8H,1-3H3,(H,15,16). The van der Waals surface area contributed by atoms with Crippen molar-refractivity contribution in [2.24, 2.45) is 0 Å². The number of rotatable bonds is 4. The molecule has 0 aliphatic rings. The Kier molecular flexibility index (Phi) is 3.75. The van der Waals surface area contributed by atoms with Crippen molar-refractivity contribution in [2.45, 2.75) is 0 Å². The molecule has 100 valence electrons. The van der Waals surface area contributed by atoms with Gasteiger partial charge in [-0.05, 0) is 18.2 Å². The third-order valence-corrected chi connectivity index (χ3v) is 2.76. The number of benzene rings is 1. The van der Waals surface area contributed by atoms with Crippen LogP contribution in [0.3, 0.4) is 0 Å². The molecule has 0 spiro atoms. The van der Waals surface area contributed by atoms with Gasteiger partial charge in [-0.3, -0.25) is 4.79 Å². The normalized spacial score (nSPS) is 10.1. The van der Waals surface area contributed by atoms with Crippen molar-refractivity contribution < 1.29 is 14.2 Å². The molecule has 0 unspecified atom stereocenters. The lowest BCUT2D eigenvalue weighted by atomic mass is 10.1. The van der Waals surface area contributed by atoms with E-state index in [0.717, 1.165) is 5.56 Å². The molecule has 1 aromatic heterocycles. The van der Waals surface area contributed by atoms with Crippen molar-refractivity contribution in [3.05, 3.63) is 40.7 Å². The molecule has 0 fully saturated rings. The summed E-state index contributed by atoms with van der Waals surface area (Å²) in [6.45, 7) is 0. The molecule has 0 radical (unpaired) electrons. The predicted molar refractivity (Wildman–Crippen MR) is 72.2 cm³/mol. The van der Waals surface area contributed by atoms with Crippen LogP contribution in [0.4, 0.5) is 0 Å². The van der Waals surface area contributed by atoms with Crippen LogP contribution in [0.5, 0.6) is 17.2 Å². The molecule has 1 aromatic carbocycles. The van der Waals surface area contributed by atoms with Crippen LogP contribution in [0.1, 0.15) is 0 Å². The van der Waals surface area contributed by atoms with E-state index in [1.807, 2.05) is 6.07 Å². The second kappa shape index (κ2) is 5.48. The van der Waals surface area contributed by atoms with Crippen molar-refractivity contribution in [1.29, 1.82) is 0 Å². The number of pyridine rings is 1. The fraction of sp³-hybridized carbons (Fsp3) is 0.214. The van der Waals surface area contributed by atoms with Crippen LogP contribution in [0.2, 0.25) is 0 Å². The highest BCUT2D eigenvalue weighted by atomic mass is 16.5. The summed E-state index contributed by atoms with van der Waals surface area (Å²) < 4.78 is 15.9. The smallest absolute Gasteiger partial charge is 0.248 e. The third kappa shape index (κ3) is 2.40. The van der Waals surface area contributed by atoms with Gasteiger partial charge in [-0.1, -0.05) is 6.07 Å². The Morgan fingerprint density at radius 1 is 0.895 bits per heavy atom. The van der Waals surface area contributed by atoms with Gasteiger partial charge in [0.25, 0.3) is 0 Å².